The predicted molar refractivity (Wildman–Crippen MR) is 62.5 cm³/mol. The number of aliphatic carboxylic acids is 1. The molecule has 1 aliphatic carbocycles. The van der Waals surface area contributed by atoms with Crippen LogP contribution in [0.2, 0.25) is 0 Å². The van der Waals surface area contributed by atoms with Crippen LogP contribution < -0.4 is 5.32 Å². The number of hydrogen-bond donors (Lipinski definition) is 2. The second-order valence-corrected chi connectivity index (χ2v) is 4.33. The van der Waals surface area contributed by atoms with E-state index in [2.05, 4.69) is 29.6 Å². The Morgan fingerprint density at radius 1 is 1.31 bits per heavy atom. The summed E-state index contributed by atoms with van der Waals surface area (Å²) in [6.45, 7) is 0.797. The molecular weight excluding hydrogens is 202 g/mol. The Hall–Kier alpha value is -1.35. The zero-order valence-electron chi connectivity index (χ0n) is 9.28. The first-order chi connectivity index (χ1) is 7.75. The van der Waals surface area contributed by atoms with Crippen molar-refractivity contribution in [2.24, 2.45) is 0 Å². The van der Waals surface area contributed by atoms with Crippen LogP contribution in [0.5, 0.6) is 0 Å². The van der Waals surface area contributed by atoms with Crippen LogP contribution in [0.1, 0.15) is 24.0 Å². The number of benzene rings is 1. The fraction of sp³-hybridized carbons (Fsp3) is 0.462. The largest absolute Gasteiger partial charge is 0.481 e. The number of carboxylic acid groups (broad SMARTS) is 1. The molecule has 0 unspecified atom stereocenters. The van der Waals surface area contributed by atoms with Gasteiger partial charge >= 0.3 is 5.97 Å². The zero-order valence-corrected chi connectivity index (χ0v) is 9.28. The van der Waals surface area contributed by atoms with Crippen molar-refractivity contribution in [3.05, 3.63) is 35.4 Å². The summed E-state index contributed by atoms with van der Waals surface area (Å²) in [5, 5.41) is 11.9. The van der Waals surface area contributed by atoms with E-state index < -0.39 is 5.97 Å². The van der Waals surface area contributed by atoms with Crippen molar-refractivity contribution >= 4 is 5.97 Å². The van der Waals surface area contributed by atoms with Gasteiger partial charge in [0.05, 0.1) is 0 Å². The summed E-state index contributed by atoms with van der Waals surface area (Å²) in [6, 6.07) is 8.99. The van der Waals surface area contributed by atoms with Crippen molar-refractivity contribution in [2.75, 3.05) is 6.54 Å². The molecule has 86 valence electrons. The van der Waals surface area contributed by atoms with Gasteiger partial charge in [0.1, 0.15) is 0 Å². The van der Waals surface area contributed by atoms with E-state index in [0.29, 0.717) is 12.5 Å². The minimum absolute atomic E-state index is 0.257. The zero-order chi connectivity index (χ0) is 11.4. The molecular formula is C13H17NO2. The third-order valence-electron chi connectivity index (χ3n) is 3.05. The molecule has 0 saturated carbocycles. The Balaban J connectivity index is 1.73. The topological polar surface area (TPSA) is 49.3 Å². The van der Waals surface area contributed by atoms with Crippen LogP contribution in [0.15, 0.2) is 24.3 Å². The Bertz CT molecular complexity index is 351. The first-order valence-corrected chi connectivity index (χ1v) is 5.77. The summed E-state index contributed by atoms with van der Waals surface area (Å²) in [4.78, 5) is 10.3. The van der Waals surface area contributed by atoms with Crippen molar-refractivity contribution in [2.45, 2.75) is 31.7 Å². The van der Waals surface area contributed by atoms with Gasteiger partial charge < -0.3 is 10.4 Å². The van der Waals surface area contributed by atoms with Crippen molar-refractivity contribution in [1.82, 2.24) is 5.32 Å². The number of carboxylic acids is 1. The lowest BCUT2D eigenvalue weighted by Crippen LogP contribution is -2.30. The van der Waals surface area contributed by atoms with E-state index in [4.69, 9.17) is 5.11 Å². The molecule has 0 heterocycles. The van der Waals surface area contributed by atoms with Crippen molar-refractivity contribution in [3.8, 4) is 0 Å². The summed E-state index contributed by atoms with van der Waals surface area (Å²) in [5.41, 5.74) is 2.86. The van der Waals surface area contributed by atoms with Gasteiger partial charge in [0, 0.05) is 12.5 Å². The molecule has 1 aliphatic rings. The standard InChI is InChI=1S/C13H17NO2/c15-13(16)6-3-7-14-12-8-10-4-1-2-5-11(10)9-12/h1-2,4-5,12,14H,3,6-9H2,(H,15,16). The molecule has 3 heteroatoms. The average Bonchev–Trinajstić information content (AvgIpc) is 2.66. The smallest absolute Gasteiger partial charge is 0.303 e. The van der Waals surface area contributed by atoms with Crippen LogP contribution in [0.25, 0.3) is 0 Å². The summed E-state index contributed by atoms with van der Waals surface area (Å²) in [5.74, 6) is -0.712. The molecule has 3 nitrogen and oxygen atoms in total. The van der Waals surface area contributed by atoms with E-state index in [-0.39, 0.29) is 6.42 Å². The molecule has 2 N–H and O–H groups in total. The molecule has 1 aromatic carbocycles. The first-order valence-electron chi connectivity index (χ1n) is 5.77. The summed E-state index contributed by atoms with van der Waals surface area (Å²) >= 11 is 0. The van der Waals surface area contributed by atoms with E-state index in [9.17, 15) is 4.79 Å². The second kappa shape index (κ2) is 5.12. The molecule has 0 amide bonds. The van der Waals surface area contributed by atoms with Gasteiger partial charge in [0.15, 0.2) is 0 Å². The minimum Gasteiger partial charge on any atom is -0.481 e. The van der Waals surface area contributed by atoms with Gasteiger partial charge in [-0.05, 0) is 36.9 Å². The molecule has 16 heavy (non-hydrogen) atoms. The molecule has 0 atom stereocenters. The van der Waals surface area contributed by atoms with Gasteiger partial charge in [-0.15, -0.1) is 0 Å². The van der Waals surface area contributed by atoms with E-state index in [1.165, 1.54) is 11.1 Å². The number of fused-ring (bicyclic) bond motifs is 1. The highest BCUT2D eigenvalue weighted by Crippen LogP contribution is 2.21. The fourth-order valence-corrected chi connectivity index (χ4v) is 2.25. The molecule has 0 radical (unpaired) electrons. The fourth-order valence-electron chi connectivity index (χ4n) is 2.25. The van der Waals surface area contributed by atoms with Gasteiger partial charge in [-0.1, -0.05) is 24.3 Å². The Morgan fingerprint density at radius 3 is 2.50 bits per heavy atom. The van der Waals surface area contributed by atoms with E-state index in [1.807, 2.05) is 0 Å². The van der Waals surface area contributed by atoms with Gasteiger partial charge in [-0.3, -0.25) is 4.79 Å². The van der Waals surface area contributed by atoms with E-state index in [0.717, 1.165) is 19.4 Å². The number of nitrogens with one attached hydrogen (secondary N) is 1. The summed E-state index contributed by atoms with van der Waals surface area (Å²) in [7, 11) is 0. The first kappa shape index (κ1) is 11.1. The summed E-state index contributed by atoms with van der Waals surface area (Å²) in [6.07, 6.45) is 3.11. The maximum atomic E-state index is 10.3. The maximum absolute atomic E-state index is 10.3. The molecule has 0 bridgehead atoms. The Morgan fingerprint density at radius 2 is 1.94 bits per heavy atom. The minimum atomic E-state index is -0.712. The van der Waals surface area contributed by atoms with E-state index in [1.54, 1.807) is 0 Å². The molecule has 2 rings (SSSR count). The van der Waals surface area contributed by atoms with Crippen LogP contribution in [0.4, 0.5) is 0 Å². The lowest BCUT2D eigenvalue weighted by atomic mass is 10.1. The van der Waals surface area contributed by atoms with Gasteiger partial charge in [0.2, 0.25) is 0 Å². The van der Waals surface area contributed by atoms with Gasteiger partial charge in [-0.25, -0.2) is 0 Å². The molecule has 1 aromatic rings. The van der Waals surface area contributed by atoms with Crippen LogP contribution in [0, 0.1) is 0 Å². The monoisotopic (exact) mass is 219 g/mol. The predicted octanol–water partition coefficient (Wildman–Crippen LogP) is 1.61. The molecule has 0 saturated heterocycles. The highest BCUT2D eigenvalue weighted by atomic mass is 16.4. The molecule has 0 aliphatic heterocycles. The van der Waals surface area contributed by atoms with Crippen LogP contribution in [0.3, 0.4) is 0 Å². The quantitative estimate of drug-likeness (QED) is 0.740. The van der Waals surface area contributed by atoms with Gasteiger partial charge in [0.25, 0.3) is 0 Å². The molecule has 0 spiro atoms. The number of rotatable bonds is 5. The maximum Gasteiger partial charge on any atom is 0.303 e. The Labute approximate surface area is 95.5 Å². The average molecular weight is 219 g/mol. The van der Waals surface area contributed by atoms with Crippen LogP contribution >= 0.6 is 0 Å². The van der Waals surface area contributed by atoms with Crippen LogP contribution in [-0.4, -0.2) is 23.7 Å². The highest BCUT2D eigenvalue weighted by Gasteiger charge is 2.19. The van der Waals surface area contributed by atoms with Gasteiger partial charge in [-0.2, -0.15) is 0 Å². The Kier molecular flexibility index (Phi) is 3.57. The highest BCUT2D eigenvalue weighted by molar-refractivity contribution is 5.66. The number of carbonyl (C=O) groups is 1. The van der Waals surface area contributed by atoms with E-state index >= 15 is 0 Å². The molecule has 0 aromatic heterocycles. The SMILES string of the molecule is O=C(O)CCCNC1Cc2ccccc2C1. The number of hydrogen-bond acceptors (Lipinski definition) is 2. The normalized spacial score (nSPS) is 15.0. The van der Waals surface area contributed by atoms with Crippen molar-refractivity contribution < 1.29 is 9.90 Å². The second-order valence-electron chi connectivity index (χ2n) is 4.33. The lowest BCUT2D eigenvalue weighted by molar-refractivity contribution is -0.137. The van der Waals surface area contributed by atoms with Crippen molar-refractivity contribution in [1.29, 1.82) is 0 Å². The summed E-state index contributed by atoms with van der Waals surface area (Å²) < 4.78 is 0. The van der Waals surface area contributed by atoms with Crippen molar-refractivity contribution in [3.63, 3.8) is 0 Å². The lowest BCUT2D eigenvalue weighted by Gasteiger charge is -2.10. The third-order valence-corrected chi connectivity index (χ3v) is 3.05. The molecule has 0 fully saturated rings. The van der Waals surface area contributed by atoms with Crippen LogP contribution in [-0.2, 0) is 17.6 Å². The third kappa shape index (κ3) is 2.83.